The topological polar surface area (TPSA) is 66.5 Å². The summed E-state index contributed by atoms with van der Waals surface area (Å²) in [6.07, 6.45) is 1.95. The van der Waals surface area contributed by atoms with Crippen molar-refractivity contribution in [3.8, 4) is 0 Å². The van der Waals surface area contributed by atoms with Crippen LogP contribution in [0.3, 0.4) is 0 Å². The number of halogens is 1. The van der Waals surface area contributed by atoms with E-state index in [1.165, 1.54) is 16.4 Å². The number of hydrogen-bond acceptors (Lipinski definition) is 3. The van der Waals surface area contributed by atoms with Gasteiger partial charge >= 0.3 is 0 Å². The molecule has 2 rings (SSSR count). The highest BCUT2D eigenvalue weighted by atomic mass is 35.5. The van der Waals surface area contributed by atoms with Gasteiger partial charge in [0.05, 0.1) is 4.90 Å². The second-order valence-corrected chi connectivity index (χ2v) is 8.33. The van der Waals surface area contributed by atoms with Gasteiger partial charge in [0, 0.05) is 18.8 Å². The molecule has 22 heavy (non-hydrogen) atoms. The zero-order chi connectivity index (χ0) is 16.3. The number of benzene rings is 1. The maximum atomic E-state index is 12.6. The van der Waals surface area contributed by atoms with E-state index in [2.05, 4.69) is 12.2 Å². The molecule has 0 saturated carbocycles. The summed E-state index contributed by atoms with van der Waals surface area (Å²) in [6.45, 7) is 4.76. The van der Waals surface area contributed by atoms with E-state index in [9.17, 15) is 13.2 Å². The molecular weight excluding hydrogens is 324 g/mol. The van der Waals surface area contributed by atoms with E-state index in [1.54, 1.807) is 19.1 Å². The molecule has 1 aromatic carbocycles. The molecule has 1 saturated heterocycles. The Morgan fingerprint density at radius 3 is 2.55 bits per heavy atom. The molecule has 1 fully saturated rings. The molecular formula is C15H21ClN2O3S. The van der Waals surface area contributed by atoms with Gasteiger partial charge in [-0.05, 0) is 49.9 Å². The quantitative estimate of drug-likeness (QED) is 0.854. The predicted molar refractivity (Wildman–Crippen MR) is 87.5 cm³/mol. The van der Waals surface area contributed by atoms with Gasteiger partial charge in [-0.1, -0.05) is 6.92 Å². The second-order valence-electron chi connectivity index (χ2n) is 5.74. The van der Waals surface area contributed by atoms with Crippen LogP contribution in [0.1, 0.15) is 26.7 Å². The molecule has 5 nitrogen and oxygen atoms in total. The van der Waals surface area contributed by atoms with Crippen molar-refractivity contribution in [2.75, 3.05) is 18.4 Å². The molecule has 0 spiro atoms. The van der Waals surface area contributed by atoms with Crippen LogP contribution in [0.5, 0.6) is 0 Å². The Bertz CT molecular complexity index is 629. The molecule has 1 aliphatic heterocycles. The minimum absolute atomic E-state index is 0.249. The number of alkyl halides is 1. The van der Waals surface area contributed by atoms with Gasteiger partial charge in [-0.2, -0.15) is 4.31 Å². The Balaban J connectivity index is 2.13. The number of nitrogens with one attached hydrogen (secondary N) is 1. The van der Waals surface area contributed by atoms with Crippen LogP contribution in [0.2, 0.25) is 0 Å². The van der Waals surface area contributed by atoms with Crippen LogP contribution < -0.4 is 5.32 Å². The Hall–Kier alpha value is -1.11. The summed E-state index contributed by atoms with van der Waals surface area (Å²) in [5, 5.41) is 1.99. The molecule has 122 valence electrons. The Labute approximate surface area is 136 Å². The number of nitrogens with zero attached hydrogens (tertiary/aromatic N) is 1. The van der Waals surface area contributed by atoms with E-state index < -0.39 is 15.4 Å². The normalized spacial score (nSPS) is 21.3. The van der Waals surface area contributed by atoms with Crippen molar-refractivity contribution >= 4 is 33.2 Å². The molecule has 0 bridgehead atoms. The van der Waals surface area contributed by atoms with Gasteiger partial charge in [0.2, 0.25) is 15.9 Å². The monoisotopic (exact) mass is 344 g/mol. The number of carbonyl (C=O) groups is 1. The smallest absolute Gasteiger partial charge is 0.243 e. The van der Waals surface area contributed by atoms with E-state index >= 15 is 0 Å². The first-order valence-electron chi connectivity index (χ1n) is 7.36. The molecule has 0 radical (unpaired) electrons. The fourth-order valence-corrected chi connectivity index (χ4v) is 4.12. The van der Waals surface area contributed by atoms with Gasteiger partial charge < -0.3 is 5.32 Å². The lowest BCUT2D eigenvalue weighted by Gasteiger charge is -2.30. The summed E-state index contributed by atoms with van der Waals surface area (Å²) in [5.41, 5.74) is 0.531. The van der Waals surface area contributed by atoms with Crippen molar-refractivity contribution in [1.29, 1.82) is 0 Å². The fraction of sp³-hybridized carbons (Fsp3) is 0.533. The second kappa shape index (κ2) is 6.98. The first-order valence-corrected chi connectivity index (χ1v) is 9.23. The average Bonchev–Trinajstić information content (AvgIpc) is 2.47. The number of carbonyl (C=O) groups excluding carboxylic acids is 1. The number of rotatable bonds is 4. The van der Waals surface area contributed by atoms with Crippen LogP contribution in [0, 0.1) is 5.92 Å². The molecule has 7 heteroatoms. The third kappa shape index (κ3) is 4.00. The van der Waals surface area contributed by atoms with Crippen molar-refractivity contribution in [2.45, 2.75) is 37.0 Å². The van der Waals surface area contributed by atoms with Crippen LogP contribution in [-0.4, -0.2) is 37.1 Å². The van der Waals surface area contributed by atoms with E-state index in [-0.39, 0.29) is 10.8 Å². The molecule has 1 heterocycles. The first kappa shape index (κ1) is 17.2. The molecule has 0 unspecified atom stereocenters. The summed E-state index contributed by atoms with van der Waals surface area (Å²) >= 11 is 5.68. The Kier molecular flexibility index (Phi) is 5.47. The third-order valence-corrected chi connectivity index (χ3v) is 5.82. The van der Waals surface area contributed by atoms with Crippen molar-refractivity contribution in [1.82, 2.24) is 4.31 Å². The highest BCUT2D eigenvalue weighted by Gasteiger charge is 2.28. The number of amides is 1. The van der Waals surface area contributed by atoms with Crippen LogP contribution in [0.25, 0.3) is 0 Å². The minimum atomic E-state index is -3.46. The van der Waals surface area contributed by atoms with Gasteiger partial charge in [0.1, 0.15) is 5.38 Å². The van der Waals surface area contributed by atoms with Crippen molar-refractivity contribution in [3.63, 3.8) is 0 Å². The van der Waals surface area contributed by atoms with Crippen LogP contribution in [0.15, 0.2) is 29.2 Å². The van der Waals surface area contributed by atoms with Crippen LogP contribution in [-0.2, 0) is 14.8 Å². The first-order chi connectivity index (χ1) is 10.3. The van der Waals surface area contributed by atoms with Crippen LogP contribution >= 0.6 is 11.6 Å². The molecule has 1 aliphatic rings. The number of sulfonamides is 1. The highest BCUT2D eigenvalue weighted by Crippen LogP contribution is 2.24. The third-order valence-electron chi connectivity index (χ3n) is 3.74. The molecule has 2 atom stereocenters. The predicted octanol–water partition coefficient (Wildman–Crippen LogP) is 2.67. The number of piperidine rings is 1. The fourth-order valence-electron chi connectivity index (χ4n) is 2.47. The van der Waals surface area contributed by atoms with Crippen molar-refractivity contribution in [2.24, 2.45) is 5.92 Å². The maximum absolute atomic E-state index is 12.6. The minimum Gasteiger partial charge on any atom is -0.325 e. The van der Waals surface area contributed by atoms with E-state index in [0.717, 1.165) is 12.8 Å². The zero-order valence-corrected chi connectivity index (χ0v) is 14.3. The van der Waals surface area contributed by atoms with Crippen molar-refractivity contribution in [3.05, 3.63) is 24.3 Å². The summed E-state index contributed by atoms with van der Waals surface area (Å²) in [6, 6.07) is 6.20. The molecule has 1 amide bonds. The average molecular weight is 345 g/mol. The van der Waals surface area contributed by atoms with Gasteiger partial charge in [0.25, 0.3) is 0 Å². The lowest BCUT2D eigenvalue weighted by atomic mass is 10.0. The van der Waals surface area contributed by atoms with E-state index in [4.69, 9.17) is 11.6 Å². The van der Waals surface area contributed by atoms with Gasteiger partial charge in [0.15, 0.2) is 0 Å². The highest BCUT2D eigenvalue weighted by molar-refractivity contribution is 7.89. The van der Waals surface area contributed by atoms with E-state index in [1.807, 2.05) is 0 Å². The summed E-state index contributed by atoms with van der Waals surface area (Å²) in [4.78, 5) is 11.8. The molecule has 1 aromatic rings. The Morgan fingerprint density at radius 1 is 1.36 bits per heavy atom. The maximum Gasteiger partial charge on any atom is 0.243 e. The number of hydrogen-bond donors (Lipinski definition) is 1. The standard InChI is InChI=1S/C15H21ClN2O3S/c1-11-4-3-9-18(10-11)22(20,21)14-7-5-13(6-8-14)17-15(19)12(2)16/h5-8,11-12H,3-4,9-10H2,1-2H3,(H,17,19)/t11-,12+/m0/s1. The summed E-state index contributed by atoms with van der Waals surface area (Å²) < 4.78 is 26.7. The lowest BCUT2D eigenvalue weighted by Crippen LogP contribution is -2.39. The molecule has 0 aliphatic carbocycles. The summed E-state index contributed by atoms with van der Waals surface area (Å²) in [7, 11) is -3.46. The van der Waals surface area contributed by atoms with Gasteiger partial charge in [-0.15, -0.1) is 11.6 Å². The summed E-state index contributed by atoms with van der Waals surface area (Å²) in [5.74, 6) is 0.0643. The van der Waals surface area contributed by atoms with Crippen LogP contribution in [0.4, 0.5) is 5.69 Å². The lowest BCUT2D eigenvalue weighted by molar-refractivity contribution is -0.115. The zero-order valence-electron chi connectivity index (χ0n) is 12.8. The largest absolute Gasteiger partial charge is 0.325 e. The molecule has 1 N–H and O–H groups in total. The van der Waals surface area contributed by atoms with E-state index in [0.29, 0.717) is 24.7 Å². The molecule has 0 aromatic heterocycles. The number of anilines is 1. The SMILES string of the molecule is C[C@H]1CCCN(S(=O)(=O)c2ccc(NC(=O)[C@@H](C)Cl)cc2)C1. The Morgan fingerprint density at radius 2 is 2.00 bits per heavy atom. The van der Waals surface area contributed by atoms with Gasteiger partial charge in [-0.25, -0.2) is 8.42 Å². The van der Waals surface area contributed by atoms with Crippen molar-refractivity contribution < 1.29 is 13.2 Å². The van der Waals surface area contributed by atoms with Gasteiger partial charge in [-0.3, -0.25) is 4.79 Å².